The van der Waals surface area contributed by atoms with Gasteiger partial charge in [0.15, 0.2) is 0 Å². The maximum atomic E-state index is 13.6. The van der Waals surface area contributed by atoms with Gasteiger partial charge in [0.1, 0.15) is 17.7 Å². The highest BCUT2D eigenvalue weighted by atomic mass is 35.5. The summed E-state index contributed by atoms with van der Waals surface area (Å²) >= 11 is 0. The minimum absolute atomic E-state index is 0. The highest BCUT2D eigenvalue weighted by Gasteiger charge is 2.22. The molecule has 0 spiro atoms. The van der Waals surface area contributed by atoms with E-state index in [0.29, 0.717) is 23.5 Å². The Morgan fingerprint density at radius 1 is 0.952 bits per heavy atom. The Morgan fingerprint density at radius 2 is 1.64 bits per heavy atom. The number of pyridine rings is 1. The smallest absolute Gasteiger partial charge is 0.260 e. The van der Waals surface area contributed by atoms with Gasteiger partial charge < -0.3 is 20.3 Å². The Kier molecular flexibility index (Phi) is 12.6. The van der Waals surface area contributed by atoms with E-state index in [1.54, 1.807) is 29.4 Å². The highest BCUT2D eigenvalue weighted by Crippen LogP contribution is 2.27. The summed E-state index contributed by atoms with van der Waals surface area (Å²) in [5.74, 6) is 1.24. The second-order valence-corrected chi connectivity index (χ2v) is 9.83. The first-order valence-electron chi connectivity index (χ1n) is 13.0. The van der Waals surface area contributed by atoms with Gasteiger partial charge in [-0.25, -0.2) is 0 Å². The third-order valence-corrected chi connectivity index (χ3v) is 7.08. The number of fused-ring (bicyclic) bond motifs is 1. The van der Waals surface area contributed by atoms with Gasteiger partial charge in [0, 0.05) is 49.6 Å². The van der Waals surface area contributed by atoms with Crippen LogP contribution in [0.15, 0.2) is 85.2 Å². The van der Waals surface area contributed by atoms with Crippen molar-refractivity contribution in [3.05, 3.63) is 102 Å². The molecule has 11 heteroatoms. The molecule has 4 N–H and O–H groups in total. The molecule has 4 aromatic rings. The van der Waals surface area contributed by atoms with Crippen molar-refractivity contribution in [3.8, 4) is 5.75 Å². The number of benzene rings is 3. The number of amides is 1. The normalized spacial score (nSPS) is 12.7. The van der Waals surface area contributed by atoms with Gasteiger partial charge in [-0.3, -0.25) is 20.6 Å². The van der Waals surface area contributed by atoms with Crippen molar-refractivity contribution < 1.29 is 9.53 Å². The van der Waals surface area contributed by atoms with Crippen LogP contribution in [0.5, 0.6) is 5.75 Å². The van der Waals surface area contributed by atoms with Crippen LogP contribution in [0.25, 0.3) is 10.8 Å². The van der Waals surface area contributed by atoms with Crippen molar-refractivity contribution in [1.29, 1.82) is 10.8 Å². The van der Waals surface area contributed by atoms with E-state index in [2.05, 4.69) is 9.88 Å². The van der Waals surface area contributed by atoms with Crippen molar-refractivity contribution in [1.82, 2.24) is 9.88 Å². The Bertz CT molecular complexity index is 1510. The average molecular weight is 630 g/mol. The van der Waals surface area contributed by atoms with Crippen LogP contribution in [0, 0.1) is 10.8 Å². The zero-order valence-electron chi connectivity index (χ0n) is 23.2. The van der Waals surface area contributed by atoms with Gasteiger partial charge in [-0.15, -0.1) is 37.2 Å². The Morgan fingerprint density at radius 3 is 2.26 bits per heavy atom. The van der Waals surface area contributed by atoms with E-state index in [4.69, 9.17) is 21.3 Å². The molecule has 222 valence electrons. The summed E-state index contributed by atoms with van der Waals surface area (Å²) in [7, 11) is 0. The van der Waals surface area contributed by atoms with E-state index >= 15 is 0 Å². The third kappa shape index (κ3) is 8.12. The Hall–Kier alpha value is -3.85. The lowest BCUT2D eigenvalue weighted by Gasteiger charge is -2.33. The molecular weight excluding hydrogens is 595 g/mol. The first-order valence-corrected chi connectivity index (χ1v) is 13.0. The second-order valence-electron chi connectivity index (χ2n) is 9.83. The minimum Gasteiger partial charge on any atom is -0.490 e. The number of aromatic nitrogens is 1. The Balaban J connectivity index is 0.00000205. The number of carbonyl (C=O) groups is 1. The highest BCUT2D eigenvalue weighted by molar-refractivity contribution is 6.06. The zero-order chi connectivity index (χ0) is 27.4. The standard InChI is InChI=1S/C31H32N6O2.3ClH/c1-21(32)36-15-12-29(13-16-36)39-28-10-8-27(9-11-28)37(31(38)25-3-2-14-35-19-25)20-22-4-5-23-6-7-24(30(33)34)18-26(23)17-22;;;/h2-11,14,17-19,29,32H,12-13,15-16,20H2,1H3,(H3,33,34);3*1H. The van der Waals surface area contributed by atoms with Gasteiger partial charge in [-0.2, -0.15) is 0 Å². The summed E-state index contributed by atoms with van der Waals surface area (Å²) in [6.45, 7) is 3.83. The molecule has 1 aliphatic heterocycles. The topological polar surface area (TPSA) is 119 Å². The number of hydrogen-bond donors (Lipinski definition) is 3. The number of ether oxygens (including phenoxy) is 1. The fourth-order valence-electron chi connectivity index (χ4n) is 4.88. The molecule has 1 aliphatic rings. The van der Waals surface area contributed by atoms with Crippen LogP contribution in [-0.4, -0.2) is 46.7 Å². The number of nitrogens with zero attached hydrogens (tertiary/aromatic N) is 3. The number of amidine groups is 2. The summed E-state index contributed by atoms with van der Waals surface area (Å²) in [5, 5.41) is 17.6. The molecule has 0 saturated carbocycles. The van der Waals surface area contributed by atoms with E-state index in [0.717, 1.165) is 53.7 Å². The number of nitrogen functional groups attached to an aromatic ring is 1. The molecule has 3 aromatic carbocycles. The molecule has 42 heavy (non-hydrogen) atoms. The number of halogens is 3. The fraction of sp³-hybridized carbons (Fsp3) is 0.226. The van der Waals surface area contributed by atoms with Gasteiger partial charge in [-0.1, -0.05) is 24.3 Å². The molecule has 0 unspecified atom stereocenters. The lowest BCUT2D eigenvalue weighted by atomic mass is 10.0. The molecule has 2 heterocycles. The van der Waals surface area contributed by atoms with Crippen molar-refractivity contribution >= 4 is 71.3 Å². The monoisotopic (exact) mass is 628 g/mol. The van der Waals surface area contributed by atoms with E-state index in [1.807, 2.05) is 67.6 Å². The van der Waals surface area contributed by atoms with Gasteiger partial charge in [0.25, 0.3) is 5.91 Å². The minimum atomic E-state index is -0.149. The number of rotatable bonds is 7. The van der Waals surface area contributed by atoms with E-state index in [9.17, 15) is 4.79 Å². The van der Waals surface area contributed by atoms with Crippen molar-refractivity contribution in [2.45, 2.75) is 32.4 Å². The third-order valence-electron chi connectivity index (χ3n) is 7.08. The molecule has 0 bridgehead atoms. The van der Waals surface area contributed by atoms with Crippen LogP contribution in [0.1, 0.15) is 41.3 Å². The average Bonchev–Trinajstić information content (AvgIpc) is 2.96. The summed E-state index contributed by atoms with van der Waals surface area (Å²) < 4.78 is 6.22. The van der Waals surface area contributed by atoms with Gasteiger partial charge in [0.2, 0.25) is 0 Å². The number of nitrogens with one attached hydrogen (secondary N) is 2. The molecule has 1 saturated heterocycles. The predicted octanol–water partition coefficient (Wildman–Crippen LogP) is 6.47. The van der Waals surface area contributed by atoms with E-state index < -0.39 is 0 Å². The van der Waals surface area contributed by atoms with Gasteiger partial charge >= 0.3 is 0 Å². The molecule has 8 nitrogen and oxygen atoms in total. The number of likely N-dealkylation sites (tertiary alicyclic amines) is 1. The molecule has 1 aromatic heterocycles. The number of piperidine rings is 1. The quantitative estimate of drug-likeness (QED) is 0.160. The van der Waals surface area contributed by atoms with Crippen LogP contribution in [0.3, 0.4) is 0 Å². The van der Waals surface area contributed by atoms with Gasteiger partial charge in [0.05, 0.1) is 17.9 Å². The van der Waals surface area contributed by atoms with Crippen LogP contribution >= 0.6 is 37.2 Å². The summed E-state index contributed by atoms with van der Waals surface area (Å²) in [5.41, 5.74) is 8.57. The zero-order valence-corrected chi connectivity index (χ0v) is 25.6. The van der Waals surface area contributed by atoms with Crippen molar-refractivity contribution in [3.63, 3.8) is 0 Å². The number of carbonyl (C=O) groups excluding carboxylic acids is 1. The SMILES string of the molecule is CC(=N)N1CCC(Oc2ccc(N(Cc3ccc4ccc(C(=N)N)cc4c3)C(=O)c3cccnc3)cc2)CC1.Cl.Cl.Cl. The lowest BCUT2D eigenvalue weighted by molar-refractivity contribution is 0.0984. The Labute approximate surface area is 264 Å². The lowest BCUT2D eigenvalue weighted by Crippen LogP contribution is -2.40. The molecule has 0 aliphatic carbocycles. The molecule has 0 atom stereocenters. The first-order chi connectivity index (χ1) is 18.9. The van der Waals surface area contributed by atoms with Crippen molar-refractivity contribution in [2.75, 3.05) is 18.0 Å². The molecule has 0 radical (unpaired) electrons. The van der Waals surface area contributed by atoms with Crippen molar-refractivity contribution in [2.24, 2.45) is 5.73 Å². The summed E-state index contributed by atoms with van der Waals surface area (Å²) in [4.78, 5) is 21.6. The van der Waals surface area contributed by atoms with Crippen LogP contribution in [-0.2, 0) is 6.54 Å². The fourth-order valence-corrected chi connectivity index (χ4v) is 4.88. The summed E-state index contributed by atoms with van der Waals surface area (Å²) in [6.07, 6.45) is 5.08. The van der Waals surface area contributed by atoms with Crippen LogP contribution < -0.4 is 15.4 Å². The largest absolute Gasteiger partial charge is 0.490 e. The number of anilines is 1. The van der Waals surface area contributed by atoms with Gasteiger partial charge in [-0.05, 0) is 71.8 Å². The van der Waals surface area contributed by atoms with E-state index in [-0.39, 0.29) is 55.1 Å². The maximum Gasteiger partial charge on any atom is 0.260 e. The van der Waals surface area contributed by atoms with Crippen LogP contribution in [0.4, 0.5) is 5.69 Å². The maximum absolute atomic E-state index is 13.6. The molecule has 5 rings (SSSR count). The summed E-state index contributed by atoms with van der Waals surface area (Å²) in [6, 6.07) is 22.9. The second kappa shape index (κ2) is 15.4. The van der Waals surface area contributed by atoms with Crippen LogP contribution in [0.2, 0.25) is 0 Å². The first kappa shape index (κ1) is 34.4. The predicted molar refractivity (Wildman–Crippen MR) is 177 cm³/mol. The molecule has 1 amide bonds. The molecule has 1 fully saturated rings. The number of hydrogen-bond acceptors (Lipinski definition) is 5. The number of nitrogens with two attached hydrogens (primary N) is 1. The molecular formula is C31H35Cl3N6O2. The van der Waals surface area contributed by atoms with E-state index in [1.165, 1.54) is 0 Å².